The number of nitrogens with zero attached hydrogens (tertiary/aromatic N) is 2. The molecule has 0 fully saturated rings. The van der Waals surface area contributed by atoms with Gasteiger partial charge in [-0.1, -0.05) is 36.0 Å². The fraction of sp³-hybridized carbons (Fsp3) is 0.120. The van der Waals surface area contributed by atoms with E-state index in [2.05, 4.69) is 20.5 Å². The zero-order chi connectivity index (χ0) is 24.6. The molecule has 0 aliphatic rings. The van der Waals surface area contributed by atoms with Gasteiger partial charge in [0, 0.05) is 0 Å². The van der Waals surface area contributed by atoms with Gasteiger partial charge in [-0.3, -0.25) is 4.79 Å². The van der Waals surface area contributed by atoms with Crippen LogP contribution in [0, 0.1) is 0 Å². The number of rotatable bonds is 9. The minimum absolute atomic E-state index is 0.151. The van der Waals surface area contributed by atoms with Gasteiger partial charge < -0.3 is 19.2 Å². The van der Waals surface area contributed by atoms with Gasteiger partial charge in [-0.25, -0.2) is 15.2 Å². The first kappa shape index (κ1) is 23.8. The lowest BCUT2D eigenvalue weighted by Gasteiger charge is -2.11. The maximum absolute atomic E-state index is 12.6. The molecule has 0 saturated heterocycles. The number of hydrogen-bond acceptors (Lipinski definition) is 8. The van der Waals surface area contributed by atoms with Gasteiger partial charge in [0.05, 0.1) is 37.2 Å². The summed E-state index contributed by atoms with van der Waals surface area (Å²) >= 11 is 1.28. The number of ether oxygens (including phenoxy) is 3. The van der Waals surface area contributed by atoms with Crippen LogP contribution in [0.3, 0.4) is 0 Å². The van der Waals surface area contributed by atoms with Gasteiger partial charge in [0.25, 0.3) is 5.91 Å². The minimum atomic E-state index is -0.573. The number of aromatic nitrogens is 2. The van der Waals surface area contributed by atoms with E-state index < -0.39 is 5.97 Å². The standard InChI is InChI=1S/C25H22N4O5S/c1-32-20-10-6-3-7-17(20)24(31)34-21-12-11-16(13-22(21)33-2)14-26-29-23(30)15-35-25-27-18-8-4-5-9-19(18)28-25/h3-14H,15H2,1-2H3,(H,27,28)(H,29,30). The van der Waals surface area contributed by atoms with Crippen molar-refractivity contribution in [1.29, 1.82) is 0 Å². The molecule has 0 aliphatic heterocycles. The third-order valence-corrected chi connectivity index (χ3v) is 5.70. The lowest BCUT2D eigenvalue weighted by molar-refractivity contribution is -0.118. The van der Waals surface area contributed by atoms with Crippen LogP contribution in [0.5, 0.6) is 17.2 Å². The average Bonchev–Trinajstić information content (AvgIpc) is 3.31. The molecule has 1 amide bonds. The van der Waals surface area contributed by atoms with Crippen molar-refractivity contribution in [3.05, 3.63) is 77.9 Å². The van der Waals surface area contributed by atoms with E-state index >= 15 is 0 Å². The SMILES string of the molecule is COc1cc(C=NNC(=O)CSc2nc3ccccc3[nH]2)ccc1OC(=O)c1ccccc1OC. The first-order valence-corrected chi connectivity index (χ1v) is 11.5. The summed E-state index contributed by atoms with van der Waals surface area (Å²) in [6, 6.07) is 19.4. The number of methoxy groups -OCH3 is 2. The van der Waals surface area contributed by atoms with Gasteiger partial charge in [-0.05, 0) is 48.0 Å². The predicted molar refractivity (Wildman–Crippen MR) is 134 cm³/mol. The Morgan fingerprint density at radius 1 is 1.00 bits per heavy atom. The van der Waals surface area contributed by atoms with E-state index in [0.29, 0.717) is 27.8 Å². The molecule has 1 aromatic heterocycles. The number of nitrogens with one attached hydrogen (secondary N) is 2. The fourth-order valence-electron chi connectivity index (χ4n) is 3.16. The number of esters is 1. The van der Waals surface area contributed by atoms with Gasteiger partial charge in [0.1, 0.15) is 11.3 Å². The Bertz CT molecular complexity index is 1350. The van der Waals surface area contributed by atoms with Crippen LogP contribution in [-0.4, -0.2) is 48.0 Å². The van der Waals surface area contributed by atoms with Crippen LogP contribution in [-0.2, 0) is 4.79 Å². The molecule has 0 aliphatic carbocycles. The summed E-state index contributed by atoms with van der Waals surface area (Å²) in [6.45, 7) is 0. The second kappa shape index (κ2) is 11.2. The van der Waals surface area contributed by atoms with Crippen molar-refractivity contribution in [1.82, 2.24) is 15.4 Å². The highest BCUT2D eigenvalue weighted by Crippen LogP contribution is 2.29. The van der Waals surface area contributed by atoms with Crippen LogP contribution < -0.4 is 19.6 Å². The second-order valence-corrected chi connectivity index (χ2v) is 8.11. The van der Waals surface area contributed by atoms with Crippen molar-refractivity contribution >= 4 is 40.9 Å². The van der Waals surface area contributed by atoms with Gasteiger partial charge in [0.2, 0.25) is 0 Å². The van der Waals surface area contributed by atoms with Crippen LogP contribution in [0.2, 0.25) is 0 Å². The number of benzene rings is 3. The van der Waals surface area contributed by atoms with Gasteiger partial charge >= 0.3 is 5.97 Å². The smallest absolute Gasteiger partial charge is 0.347 e. The van der Waals surface area contributed by atoms with Gasteiger partial charge in [0.15, 0.2) is 16.7 Å². The number of aromatic amines is 1. The highest BCUT2D eigenvalue weighted by Gasteiger charge is 2.16. The molecule has 0 saturated carbocycles. The Hall–Kier alpha value is -4.31. The monoisotopic (exact) mass is 490 g/mol. The van der Waals surface area contributed by atoms with E-state index in [1.807, 2.05) is 24.3 Å². The van der Waals surface area contributed by atoms with Gasteiger partial charge in [-0.15, -0.1) is 0 Å². The molecule has 3 aromatic carbocycles. The molecule has 10 heteroatoms. The number of carbonyl (C=O) groups excluding carboxylic acids is 2. The zero-order valence-corrected chi connectivity index (χ0v) is 19.8. The van der Waals surface area contributed by atoms with E-state index in [9.17, 15) is 9.59 Å². The first-order chi connectivity index (χ1) is 17.1. The molecule has 1 heterocycles. The summed E-state index contributed by atoms with van der Waals surface area (Å²) in [7, 11) is 2.95. The van der Waals surface area contributed by atoms with Crippen molar-refractivity contribution in [3.8, 4) is 17.2 Å². The molecule has 35 heavy (non-hydrogen) atoms. The Balaban J connectivity index is 1.33. The van der Waals surface area contributed by atoms with Gasteiger partial charge in [-0.2, -0.15) is 5.10 Å². The number of para-hydroxylation sites is 3. The number of carbonyl (C=O) groups is 2. The number of amides is 1. The molecule has 178 valence electrons. The van der Waals surface area contributed by atoms with Crippen molar-refractivity contribution in [2.45, 2.75) is 5.16 Å². The Labute approximate surface area is 205 Å². The van der Waals surface area contributed by atoms with Crippen LogP contribution in [0.1, 0.15) is 15.9 Å². The Morgan fingerprint density at radius 2 is 1.77 bits per heavy atom. The maximum atomic E-state index is 12.6. The number of thioether (sulfide) groups is 1. The first-order valence-electron chi connectivity index (χ1n) is 10.5. The molecule has 0 bridgehead atoms. The normalized spacial score (nSPS) is 10.9. The van der Waals surface area contributed by atoms with Crippen molar-refractivity contribution in [3.63, 3.8) is 0 Å². The average molecular weight is 491 g/mol. The van der Waals surface area contributed by atoms with Crippen molar-refractivity contribution in [2.75, 3.05) is 20.0 Å². The quantitative estimate of drug-likeness (QED) is 0.120. The number of fused-ring (bicyclic) bond motifs is 1. The summed E-state index contributed by atoms with van der Waals surface area (Å²) in [4.78, 5) is 32.3. The molecule has 4 aromatic rings. The van der Waals surface area contributed by atoms with Crippen molar-refractivity contribution < 1.29 is 23.8 Å². The Kier molecular flexibility index (Phi) is 7.63. The number of hydrazone groups is 1. The van der Waals surface area contributed by atoms with Crippen LogP contribution in [0.25, 0.3) is 11.0 Å². The number of imidazole rings is 1. The third kappa shape index (κ3) is 5.98. The van der Waals surface area contributed by atoms with E-state index in [4.69, 9.17) is 14.2 Å². The summed E-state index contributed by atoms with van der Waals surface area (Å²) < 4.78 is 16.0. The molecule has 4 rings (SSSR count). The molecule has 2 N–H and O–H groups in total. The molecular formula is C25H22N4O5S. The molecule has 0 unspecified atom stereocenters. The van der Waals surface area contributed by atoms with Crippen LogP contribution in [0.15, 0.2) is 77.0 Å². The van der Waals surface area contributed by atoms with E-state index in [0.717, 1.165) is 11.0 Å². The fourth-order valence-corrected chi connectivity index (χ4v) is 3.84. The molecule has 0 spiro atoms. The maximum Gasteiger partial charge on any atom is 0.347 e. The highest BCUT2D eigenvalue weighted by molar-refractivity contribution is 7.99. The zero-order valence-electron chi connectivity index (χ0n) is 19.0. The van der Waals surface area contributed by atoms with Crippen molar-refractivity contribution in [2.24, 2.45) is 5.10 Å². The topological polar surface area (TPSA) is 115 Å². The molecule has 0 radical (unpaired) electrons. The summed E-state index contributed by atoms with van der Waals surface area (Å²) in [6.07, 6.45) is 1.47. The number of hydrogen-bond donors (Lipinski definition) is 2. The summed E-state index contributed by atoms with van der Waals surface area (Å²) in [5.41, 5.74) is 5.18. The Morgan fingerprint density at radius 3 is 2.57 bits per heavy atom. The van der Waals surface area contributed by atoms with Crippen LogP contribution >= 0.6 is 11.8 Å². The lowest BCUT2D eigenvalue weighted by Crippen LogP contribution is -2.19. The molecule has 0 atom stereocenters. The van der Waals surface area contributed by atoms with E-state index in [1.54, 1.807) is 42.5 Å². The lowest BCUT2D eigenvalue weighted by atomic mass is 10.2. The second-order valence-electron chi connectivity index (χ2n) is 7.14. The van der Waals surface area contributed by atoms with Crippen LogP contribution in [0.4, 0.5) is 0 Å². The molecule has 9 nitrogen and oxygen atoms in total. The largest absolute Gasteiger partial charge is 0.496 e. The summed E-state index contributed by atoms with van der Waals surface area (Å²) in [5.74, 6) is 0.292. The number of H-pyrrole nitrogens is 1. The third-order valence-electron chi connectivity index (χ3n) is 4.83. The molecular weight excluding hydrogens is 468 g/mol. The van der Waals surface area contributed by atoms with E-state index in [-0.39, 0.29) is 17.4 Å². The predicted octanol–water partition coefficient (Wildman–Crippen LogP) is 4.04. The highest BCUT2D eigenvalue weighted by atomic mass is 32.2. The van der Waals surface area contributed by atoms with E-state index in [1.165, 1.54) is 32.2 Å². The minimum Gasteiger partial charge on any atom is -0.496 e. The summed E-state index contributed by atoms with van der Waals surface area (Å²) in [5, 5.41) is 4.65.